The van der Waals surface area contributed by atoms with Gasteiger partial charge in [-0.2, -0.15) is 5.01 Å². The van der Waals surface area contributed by atoms with Gasteiger partial charge in [0.25, 0.3) is 17.7 Å². The summed E-state index contributed by atoms with van der Waals surface area (Å²) >= 11 is 6.10. The van der Waals surface area contributed by atoms with E-state index in [-0.39, 0.29) is 30.3 Å². The van der Waals surface area contributed by atoms with Crippen molar-refractivity contribution in [1.29, 1.82) is 0 Å². The zero-order valence-corrected chi connectivity index (χ0v) is 14.8. The molecule has 3 rings (SSSR count). The standard InChI is InChI=1S/C18H19ClN2O4/c1-10-7-12(8-11(2)16(10)19)25-9-15(22)20-21-17(23)13-5-3-4-6-14(13)18(21)24/h3-4,7-8,13-14H,5-6,9H2,1-2H3,(H,20,22). The van der Waals surface area contributed by atoms with Gasteiger partial charge in [0.05, 0.1) is 11.8 Å². The van der Waals surface area contributed by atoms with E-state index in [0.717, 1.165) is 16.1 Å². The smallest absolute Gasteiger partial charge is 0.276 e. The van der Waals surface area contributed by atoms with Crippen LogP contribution in [0.15, 0.2) is 24.3 Å². The molecule has 132 valence electrons. The lowest BCUT2D eigenvalue weighted by atomic mass is 9.85. The molecule has 25 heavy (non-hydrogen) atoms. The summed E-state index contributed by atoms with van der Waals surface area (Å²) in [5.74, 6) is -1.51. The molecule has 1 fully saturated rings. The largest absolute Gasteiger partial charge is 0.484 e. The summed E-state index contributed by atoms with van der Waals surface area (Å²) in [6, 6.07) is 3.46. The fraction of sp³-hybridized carbons (Fsp3) is 0.389. The van der Waals surface area contributed by atoms with Gasteiger partial charge in [-0.05, 0) is 49.9 Å². The van der Waals surface area contributed by atoms with Gasteiger partial charge in [-0.1, -0.05) is 23.8 Å². The van der Waals surface area contributed by atoms with Crippen LogP contribution in [0.4, 0.5) is 0 Å². The number of fused-ring (bicyclic) bond motifs is 1. The van der Waals surface area contributed by atoms with Crippen LogP contribution in [0.3, 0.4) is 0 Å². The van der Waals surface area contributed by atoms with E-state index in [4.69, 9.17) is 16.3 Å². The van der Waals surface area contributed by atoms with Gasteiger partial charge in [0, 0.05) is 5.02 Å². The van der Waals surface area contributed by atoms with Gasteiger partial charge in [-0.25, -0.2) is 0 Å². The third kappa shape index (κ3) is 3.39. The molecule has 0 aromatic heterocycles. The van der Waals surface area contributed by atoms with Gasteiger partial charge in [0.2, 0.25) is 0 Å². The van der Waals surface area contributed by atoms with Crippen molar-refractivity contribution >= 4 is 29.3 Å². The minimum atomic E-state index is -0.557. The first kappa shape index (κ1) is 17.5. The molecule has 1 aromatic carbocycles. The summed E-state index contributed by atoms with van der Waals surface area (Å²) in [6.07, 6.45) is 4.85. The van der Waals surface area contributed by atoms with Gasteiger partial charge in [-0.15, -0.1) is 0 Å². The van der Waals surface area contributed by atoms with Gasteiger partial charge in [-0.3, -0.25) is 19.8 Å². The molecule has 1 heterocycles. The molecule has 0 bridgehead atoms. The van der Waals surface area contributed by atoms with E-state index in [9.17, 15) is 14.4 Å². The van der Waals surface area contributed by atoms with Crippen molar-refractivity contribution in [3.8, 4) is 5.75 Å². The Morgan fingerprint density at radius 2 is 1.68 bits per heavy atom. The first-order valence-electron chi connectivity index (χ1n) is 8.10. The molecule has 2 atom stereocenters. The molecule has 1 aromatic rings. The third-order valence-electron chi connectivity index (χ3n) is 4.52. The molecule has 1 aliphatic heterocycles. The Labute approximate surface area is 150 Å². The van der Waals surface area contributed by atoms with Gasteiger partial charge >= 0.3 is 0 Å². The number of amides is 3. The highest BCUT2D eigenvalue weighted by Crippen LogP contribution is 2.34. The lowest BCUT2D eigenvalue weighted by Gasteiger charge is -2.16. The van der Waals surface area contributed by atoms with Gasteiger partial charge in [0.1, 0.15) is 5.75 Å². The topological polar surface area (TPSA) is 75.7 Å². The number of imide groups is 1. The highest BCUT2D eigenvalue weighted by Gasteiger charge is 2.48. The minimum Gasteiger partial charge on any atom is -0.484 e. The molecule has 2 aliphatic rings. The number of allylic oxidation sites excluding steroid dienone is 2. The molecule has 1 aliphatic carbocycles. The number of carbonyl (C=O) groups excluding carboxylic acids is 3. The Balaban J connectivity index is 1.60. The maximum Gasteiger partial charge on any atom is 0.276 e. The molecule has 1 N–H and O–H groups in total. The summed E-state index contributed by atoms with van der Waals surface area (Å²) in [5, 5.41) is 1.49. The Morgan fingerprint density at radius 3 is 2.20 bits per heavy atom. The number of hydrogen-bond donors (Lipinski definition) is 1. The van der Waals surface area contributed by atoms with E-state index < -0.39 is 5.91 Å². The predicted octanol–water partition coefficient (Wildman–Crippen LogP) is 2.32. The maximum absolute atomic E-state index is 12.3. The SMILES string of the molecule is Cc1cc(OCC(=O)NN2C(=O)C3CC=CCC3C2=O)cc(C)c1Cl. The molecule has 0 saturated carbocycles. The first-order valence-corrected chi connectivity index (χ1v) is 8.48. The Kier molecular flexibility index (Phi) is 4.81. The molecule has 0 spiro atoms. The second-order valence-corrected chi connectivity index (χ2v) is 6.74. The zero-order valence-electron chi connectivity index (χ0n) is 14.0. The molecule has 2 unspecified atom stereocenters. The van der Waals surface area contributed by atoms with Crippen molar-refractivity contribution in [1.82, 2.24) is 10.4 Å². The number of benzene rings is 1. The van der Waals surface area contributed by atoms with Crippen molar-refractivity contribution in [3.05, 3.63) is 40.4 Å². The number of rotatable bonds is 4. The van der Waals surface area contributed by atoms with E-state index in [1.54, 1.807) is 12.1 Å². The van der Waals surface area contributed by atoms with Crippen LogP contribution >= 0.6 is 11.6 Å². The molecule has 7 heteroatoms. The molecular formula is C18H19ClN2O4. The highest BCUT2D eigenvalue weighted by molar-refractivity contribution is 6.32. The van der Waals surface area contributed by atoms with Crippen molar-refractivity contribution in [2.24, 2.45) is 11.8 Å². The summed E-state index contributed by atoms with van der Waals surface area (Å²) in [7, 11) is 0. The Morgan fingerprint density at radius 1 is 1.16 bits per heavy atom. The predicted molar refractivity (Wildman–Crippen MR) is 91.8 cm³/mol. The van der Waals surface area contributed by atoms with Crippen LogP contribution in [0.1, 0.15) is 24.0 Å². The van der Waals surface area contributed by atoms with Crippen LogP contribution in [-0.4, -0.2) is 29.3 Å². The quantitative estimate of drug-likeness (QED) is 0.658. The second-order valence-electron chi connectivity index (χ2n) is 6.36. The highest BCUT2D eigenvalue weighted by atomic mass is 35.5. The van der Waals surface area contributed by atoms with E-state index in [1.165, 1.54) is 0 Å². The zero-order chi connectivity index (χ0) is 18.1. The lowest BCUT2D eigenvalue weighted by Crippen LogP contribution is -2.48. The van der Waals surface area contributed by atoms with Crippen LogP contribution in [-0.2, 0) is 14.4 Å². The van der Waals surface area contributed by atoms with Crippen LogP contribution in [0.5, 0.6) is 5.75 Å². The van der Waals surface area contributed by atoms with Gasteiger partial charge < -0.3 is 4.74 Å². The maximum atomic E-state index is 12.3. The third-order valence-corrected chi connectivity index (χ3v) is 5.12. The van der Waals surface area contributed by atoms with Crippen molar-refractivity contribution in [2.75, 3.05) is 6.61 Å². The molecule has 1 saturated heterocycles. The fourth-order valence-electron chi connectivity index (χ4n) is 3.21. The number of ether oxygens (including phenoxy) is 1. The molecule has 6 nitrogen and oxygen atoms in total. The van der Waals surface area contributed by atoms with Crippen molar-refractivity contribution in [2.45, 2.75) is 26.7 Å². The molecular weight excluding hydrogens is 344 g/mol. The summed E-state index contributed by atoms with van der Waals surface area (Å²) in [4.78, 5) is 36.7. The average molecular weight is 363 g/mol. The first-order chi connectivity index (χ1) is 11.9. The van der Waals surface area contributed by atoms with E-state index >= 15 is 0 Å². The number of hydrogen-bond acceptors (Lipinski definition) is 4. The molecule has 0 radical (unpaired) electrons. The monoisotopic (exact) mass is 362 g/mol. The number of nitrogens with one attached hydrogen (secondary N) is 1. The van der Waals surface area contributed by atoms with E-state index in [1.807, 2.05) is 26.0 Å². The molecule has 3 amide bonds. The minimum absolute atomic E-state index is 0.300. The summed E-state index contributed by atoms with van der Waals surface area (Å²) < 4.78 is 5.45. The van der Waals surface area contributed by atoms with Crippen LogP contribution in [0, 0.1) is 25.7 Å². The number of hydrazine groups is 1. The average Bonchev–Trinajstić information content (AvgIpc) is 2.83. The number of carbonyl (C=O) groups is 3. The number of aryl methyl sites for hydroxylation is 2. The van der Waals surface area contributed by atoms with E-state index in [2.05, 4.69) is 5.43 Å². The van der Waals surface area contributed by atoms with E-state index in [0.29, 0.717) is 23.6 Å². The normalized spacial score (nSPS) is 22.1. The Hall–Kier alpha value is -2.34. The van der Waals surface area contributed by atoms with Crippen molar-refractivity contribution < 1.29 is 19.1 Å². The van der Waals surface area contributed by atoms with Gasteiger partial charge in [0.15, 0.2) is 6.61 Å². The lowest BCUT2D eigenvalue weighted by molar-refractivity contribution is -0.149. The van der Waals surface area contributed by atoms with Crippen LogP contribution in [0.25, 0.3) is 0 Å². The fourth-order valence-corrected chi connectivity index (χ4v) is 3.31. The summed E-state index contributed by atoms with van der Waals surface area (Å²) in [6.45, 7) is 3.39. The Bertz CT molecular complexity index is 725. The number of nitrogens with zero attached hydrogens (tertiary/aromatic N) is 1. The van der Waals surface area contributed by atoms with Crippen LogP contribution in [0.2, 0.25) is 5.02 Å². The van der Waals surface area contributed by atoms with Crippen LogP contribution < -0.4 is 10.2 Å². The van der Waals surface area contributed by atoms with Crippen molar-refractivity contribution in [3.63, 3.8) is 0 Å². The summed E-state index contributed by atoms with van der Waals surface area (Å²) in [5.41, 5.74) is 4.05. The second kappa shape index (κ2) is 6.88. The number of halogens is 1.